The third-order valence-electron chi connectivity index (χ3n) is 7.96. The van der Waals surface area contributed by atoms with Gasteiger partial charge in [0.05, 0.1) is 11.8 Å². The maximum absolute atomic E-state index is 14.7. The Balaban J connectivity index is 1.52. The van der Waals surface area contributed by atoms with Crippen LogP contribution in [0.2, 0.25) is 0 Å². The van der Waals surface area contributed by atoms with Gasteiger partial charge < -0.3 is 10.2 Å². The number of benzene rings is 1. The molecule has 2 aliphatic rings. The van der Waals surface area contributed by atoms with Crippen LogP contribution in [0.1, 0.15) is 37.8 Å². The van der Waals surface area contributed by atoms with Gasteiger partial charge in [-0.1, -0.05) is 12.1 Å². The van der Waals surface area contributed by atoms with Gasteiger partial charge in [0.1, 0.15) is 12.2 Å². The summed E-state index contributed by atoms with van der Waals surface area (Å²) in [4.78, 5) is 19.5. The molecule has 0 spiro atoms. The first-order chi connectivity index (χ1) is 19.7. The summed E-state index contributed by atoms with van der Waals surface area (Å²) in [5.74, 6) is -1.07. The molecule has 12 heteroatoms. The van der Waals surface area contributed by atoms with Crippen molar-refractivity contribution in [1.29, 1.82) is 5.26 Å². The first kappa shape index (κ1) is 28.7. The standard InChI is InChI=1S/C29H33F2N7O2S/c1-19(17-32)35-29(39)24-16-21(30)7-10-23(24)27-25(18-38(36-27)28-26(31)4-3-11-34-28)20-5-8-22(9-6-20)37-12-14-41(40,33-2)15-13-37/h3-6,8-9,11,18-19,21,23-24H,7,10,12-16H2,1-2H3,(H,35,39)/t19-,21-,23+,24+/m0/s1. The summed E-state index contributed by atoms with van der Waals surface area (Å²) in [5, 5.41) is 16.6. The molecule has 0 radical (unpaired) electrons. The fourth-order valence-electron chi connectivity index (χ4n) is 5.64. The number of halogens is 2. The van der Waals surface area contributed by atoms with Crippen LogP contribution in [0.15, 0.2) is 53.2 Å². The van der Waals surface area contributed by atoms with Crippen molar-refractivity contribution >= 4 is 21.3 Å². The number of aromatic nitrogens is 3. The van der Waals surface area contributed by atoms with Crippen molar-refractivity contribution in [2.24, 2.45) is 10.3 Å². The predicted octanol–water partition coefficient (Wildman–Crippen LogP) is 4.24. The molecule has 1 aliphatic carbocycles. The topological polar surface area (TPSA) is 116 Å². The number of amides is 1. The molecule has 1 saturated heterocycles. The fourth-order valence-corrected chi connectivity index (χ4v) is 7.22. The Labute approximate surface area is 238 Å². The number of pyridine rings is 1. The molecule has 2 aromatic heterocycles. The minimum absolute atomic E-state index is 0.0139. The van der Waals surface area contributed by atoms with Gasteiger partial charge in [0.15, 0.2) is 11.6 Å². The van der Waals surface area contributed by atoms with E-state index in [4.69, 9.17) is 5.10 Å². The molecule has 0 unspecified atom stereocenters. The smallest absolute Gasteiger partial charge is 0.224 e. The Morgan fingerprint density at radius 2 is 1.95 bits per heavy atom. The van der Waals surface area contributed by atoms with Crippen molar-refractivity contribution < 1.29 is 17.8 Å². The van der Waals surface area contributed by atoms with Crippen molar-refractivity contribution in [3.05, 3.63) is 60.3 Å². The number of nitriles is 1. The number of rotatable bonds is 6. The third-order valence-corrected chi connectivity index (χ3v) is 10.3. The third kappa shape index (κ3) is 6.10. The maximum Gasteiger partial charge on any atom is 0.224 e. The molecule has 216 valence electrons. The van der Waals surface area contributed by atoms with Crippen molar-refractivity contribution in [1.82, 2.24) is 20.1 Å². The lowest BCUT2D eigenvalue weighted by molar-refractivity contribution is -0.127. The summed E-state index contributed by atoms with van der Waals surface area (Å²) in [6, 6.07) is 11.9. The van der Waals surface area contributed by atoms with E-state index in [1.54, 1.807) is 20.2 Å². The van der Waals surface area contributed by atoms with Gasteiger partial charge in [0.25, 0.3) is 0 Å². The maximum atomic E-state index is 14.7. The second-order valence-corrected chi connectivity index (χ2v) is 13.3. The van der Waals surface area contributed by atoms with E-state index in [0.29, 0.717) is 42.3 Å². The van der Waals surface area contributed by atoms with Crippen molar-refractivity contribution in [3.63, 3.8) is 0 Å². The van der Waals surface area contributed by atoms with Crippen LogP contribution in [0.3, 0.4) is 0 Å². The van der Waals surface area contributed by atoms with E-state index in [0.717, 1.165) is 11.3 Å². The first-order valence-corrected chi connectivity index (χ1v) is 15.6. The quantitative estimate of drug-likeness (QED) is 0.466. The highest BCUT2D eigenvalue weighted by molar-refractivity contribution is 7.93. The average molecular weight is 582 g/mol. The van der Waals surface area contributed by atoms with Crippen LogP contribution in [-0.4, -0.2) is 68.7 Å². The number of alkyl halides is 1. The predicted molar refractivity (Wildman–Crippen MR) is 153 cm³/mol. The summed E-state index contributed by atoms with van der Waals surface area (Å²) in [6.07, 6.45) is 2.70. The molecule has 1 aliphatic heterocycles. The molecular formula is C29H33F2N7O2S. The Hall–Kier alpha value is -3.85. The normalized spacial score (nSPS) is 22.9. The van der Waals surface area contributed by atoms with E-state index in [9.17, 15) is 23.0 Å². The fraction of sp³-hybridized carbons (Fsp3) is 0.448. The molecular weight excluding hydrogens is 548 g/mol. The highest BCUT2D eigenvalue weighted by Gasteiger charge is 2.39. The van der Waals surface area contributed by atoms with Gasteiger partial charge in [-0.15, -0.1) is 0 Å². The molecule has 2 fully saturated rings. The molecule has 4 atom stereocenters. The summed E-state index contributed by atoms with van der Waals surface area (Å²) < 4.78 is 47.4. The SMILES string of the molecule is CN=S1(=O)CCN(c2ccc(-c3cn(-c4ncccc4F)nc3[C@@H]3CC[C@H](F)C[C@H]3C(=O)N[C@@H](C)C#N)cc2)CC1. The Morgan fingerprint density at radius 1 is 1.22 bits per heavy atom. The number of anilines is 1. The molecule has 5 rings (SSSR count). The number of carbonyl (C=O) groups excluding carboxylic acids is 1. The monoisotopic (exact) mass is 581 g/mol. The van der Waals surface area contributed by atoms with Crippen LogP contribution < -0.4 is 10.2 Å². The summed E-state index contributed by atoms with van der Waals surface area (Å²) in [7, 11) is -0.522. The average Bonchev–Trinajstić information content (AvgIpc) is 3.42. The van der Waals surface area contributed by atoms with Crippen molar-refractivity contribution in [3.8, 4) is 23.0 Å². The Bertz CT molecular complexity index is 1560. The molecule has 0 bridgehead atoms. The van der Waals surface area contributed by atoms with E-state index in [-0.39, 0.29) is 18.7 Å². The van der Waals surface area contributed by atoms with E-state index in [1.807, 2.05) is 30.3 Å². The zero-order valence-corrected chi connectivity index (χ0v) is 23.9. The summed E-state index contributed by atoms with van der Waals surface area (Å²) in [5.41, 5.74) is 3.04. The molecule has 3 aromatic rings. The minimum Gasteiger partial charge on any atom is -0.370 e. The Kier molecular flexibility index (Phi) is 8.35. The Morgan fingerprint density at radius 3 is 2.61 bits per heavy atom. The van der Waals surface area contributed by atoms with E-state index in [1.165, 1.54) is 23.0 Å². The number of hydrogen-bond donors (Lipinski definition) is 1. The second kappa shape index (κ2) is 11.9. The van der Waals surface area contributed by atoms with Crippen LogP contribution in [0, 0.1) is 23.1 Å². The van der Waals surface area contributed by atoms with Crippen LogP contribution in [0.25, 0.3) is 16.9 Å². The van der Waals surface area contributed by atoms with Crippen LogP contribution in [0.5, 0.6) is 0 Å². The highest BCUT2D eigenvalue weighted by atomic mass is 32.2. The van der Waals surface area contributed by atoms with Crippen LogP contribution in [0.4, 0.5) is 14.5 Å². The molecule has 1 aromatic carbocycles. The van der Waals surface area contributed by atoms with Crippen molar-refractivity contribution in [2.75, 3.05) is 36.5 Å². The lowest BCUT2D eigenvalue weighted by atomic mass is 9.74. The van der Waals surface area contributed by atoms with Gasteiger partial charge in [0, 0.05) is 76.9 Å². The zero-order valence-electron chi connectivity index (χ0n) is 23.0. The molecule has 41 heavy (non-hydrogen) atoms. The van der Waals surface area contributed by atoms with Gasteiger partial charge in [-0.25, -0.2) is 27.0 Å². The minimum atomic E-state index is -2.13. The summed E-state index contributed by atoms with van der Waals surface area (Å²) in [6.45, 7) is 2.86. The largest absolute Gasteiger partial charge is 0.370 e. The number of hydrogen-bond acceptors (Lipinski definition) is 7. The van der Waals surface area contributed by atoms with Gasteiger partial charge in [-0.2, -0.15) is 10.4 Å². The summed E-state index contributed by atoms with van der Waals surface area (Å²) >= 11 is 0. The second-order valence-electron chi connectivity index (χ2n) is 10.6. The molecule has 1 saturated carbocycles. The molecule has 9 nitrogen and oxygen atoms in total. The van der Waals surface area contributed by atoms with E-state index >= 15 is 0 Å². The van der Waals surface area contributed by atoms with Gasteiger partial charge in [0.2, 0.25) is 5.91 Å². The lowest BCUT2D eigenvalue weighted by Gasteiger charge is -2.32. The van der Waals surface area contributed by atoms with Gasteiger partial charge >= 0.3 is 0 Å². The van der Waals surface area contributed by atoms with E-state index < -0.39 is 45.5 Å². The van der Waals surface area contributed by atoms with Crippen LogP contribution >= 0.6 is 0 Å². The highest BCUT2D eigenvalue weighted by Crippen LogP contribution is 2.43. The number of nitrogens with one attached hydrogen (secondary N) is 1. The molecule has 1 amide bonds. The molecule has 3 heterocycles. The first-order valence-electron chi connectivity index (χ1n) is 13.7. The number of carbonyl (C=O) groups is 1. The zero-order chi connectivity index (χ0) is 29.1. The number of nitrogens with zero attached hydrogens (tertiary/aromatic N) is 6. The van der Waals surface area contributed by atoms with Crippen LogP contribution in [-0.2, 0) is 14.5 Å². The van der Waals surface area contributed by atoms with E-state index in [2.05, 4.69) is 19.6 Å². The molecule has 1 N–H and O–H groups in total. The lowest BCUT2D eigenvalue weighted by Crippen LogP contribution is -2.41. The van der Waals surface area contributed by atoms with Crippen molar-refractivity contribution in [2.45, 2.75) is 44.3 Å². The van der Waals surface area contributed by atoms with Gasteiger partial charge in [-0.05, 0) is 56.0 Å². The van der Waals surface area contributed by atoms with Gasteiger partial charge in [-0.3, -0.25) is 4.79 Å².